The maximum atomic E-state index is 11.6. The summed E-state index contributed by atoms with van der Waals surface area (Å²) >= 11 is 0. The fraction of sp³-hybridized carbons (Fsp3) is 0.429. The van der Waals surface area contributed by atoms with Gasteiger partial charge >= 0.3 is 5.97 Å². The summed E-state index contributed by atoms with van der Waals surface area (Å²) in [6.07, 6.45) is 1.40. The Kier molecular flexibility index (Phi) is 5.16. The van der Waals surface area contributed by atoms with Crippen LogP contribution in [0.25, 0.3) is 0 Å². The van der Waals surface area contributed by atoms with Crippen LogP contribution in [0.5, 0.6) is 0 Å². The molecule has 1 aromatic rings. The molecule has 0 aliphatic carbocycles. The minimum atomic E-state index is -0.465. The van der Waals surface area contributed by atoms with Crippen molar-refractivity contribution in [2.24, 2.45) is 0 Å². The van der Waals surface area contributed by atoms with Crippen molar-refractivity contribution in [3.63, 3.8) is 0 Å². The van der Waals surface area contributed by atoms with Crippen LogP contribution in [0, 0.1) is 6.10 Å². The monoisotopic (exact) mass is 235 g/mol. The second kappa shape index (κ2) is 6.40. The number of hydrogen-bond acceptors (Lipinski definition) is 3. The Morgan fingerprint density at radius 1 is 1.18 bits per heavy atom. The predicted octanol–water partition coefficient (Wildman–Crippen LogP) is 3.86. The second-order valence-electron chi connectivity index (χ2n) is 4.29. The van der Waals surface area contributed by atoms with Crippen molar-refractivity contribution in [2.75, 3.05) is 0 Å². The van der Waals surface area contributed by atoms with Crippen molar-refractivity contribution in [1.29, 1.82) is 0 Å². The normalized spacial score (nSPS) is 10.9. The van der Waals surface area contributed by atoms with E-state index < -0.39 is 5.97 Å². The van der Waals surface area contributed by atoms with Gasteiger partial charge in [0.15, 0.2) is 0 Å². The molecule has 0 aliphatic heterocycles. The molecule has 0 atom stereocenters. The summed E-state index contributed by atoms with van der Waals surface area (Å²) in [4.78, 5) is 21.1. The van der Waals surface area contributed by atoms with Gasteiger partial charge in [-0.1, -0.05) is 32.9 Å². The first kappa shape index (κ1) is 13.7. The Morgan fingerprint density at radius 2 is 1.76 bits per heavy atom. The van der Waals surface area contributed by atoms with Gasteiger partial charge in [-0.2, -0.15) is 4.89 Å². The summed E-state index contributed by atoms with van der Waals surface area (Å²) in [6, 6.07) is 7.36. The van der Waals surface area contributed by atoms with Crippen LogP contribution in [0.1, 0.15) is 56.0 Å². The molecule has 0 N–H and O–H groups in total. The van der Waals surface area contributed by atoms with E-state index in [9.17, 15) is 4.79 Å². The van der Waals surface area contributed by atoms with Crippen molar-refractivity contribution in [1.82, 2.24) is 0 Å². The highest BCUT2D eigenvalue weighted by Crippen LogP contribution is 2.15. The molecule has 1 rings (SSSR count). The number of hydrogen-bond donors (Lipinski definition) is 0. The van der Waals surface area contributed by atoms with Crippen LogP contribution in [0.2, 0.25) is 0 Å². The molecule has 0 amide bonds. The molecule has 17 heavy (non-hydrogen) atoms. The molecule has 0 saturated heterocycles. The second-order valence-corrected chi connectivity index (χ2v) is 4.29. The highest BCUT2D eigenvalue weighted by atomic mass is 17.2. The molecule has 0 aliphatic rings. The fourth-order valence-electron chi connectivity index (χ4n) is 1.22. The number of carbonyl (C=O) groups excluding carboxylic acids is 1. The van der Waals surface area contributed by atoms with Gasteiger partial charge in [-0.15, -0.1) is 0 Å². The van der Waals surface area contributed by atoms with E-state index in [4.69, 9.17) is 9.78 Å². The number of benzene rings is 1. The van der Waals surface area contributed by atoms with Crippen LogP contribution in [0.3, 0.4) is 0 Å². The van der Waals surface area contributed by atoms with E-state index in [1.807, 2.05) is 19.1 Å². The summed E-state index contributed by atoms with van der Waals surface area (Å²) in [7, 11) is 0. The predicted molar refractivity (Wildman–Crippen MR) is 66.2 cm³/mol. The Balaban J connectivity index is 2.58. The Labute approximate surface area is 103 Å². The third kappa shape index (κ3) is 4.19. The molecule has 1 radical (unpaired) electrons. The maximum Gasteiger partial charge on any atom is 0.373 e. The van der Waals surface area contributed by atoms with Crippen LogP contribution < -0.4 is 0 Å². The Hall–Kier alpha value is -1.35. The molecule has 0 bridgehead atoms. The zero-order valence-electron chi connectivity index (χ0n) is 10.8. The van der Waals surface area contributed by atoms with E-state index >= 15 is 0 Å². The molecular formula is C14H19O3. The largest absolute Gasteiger partial charge is 0.373 e. The van der Waals surface area contributed by atoms with Gasteiger partial charge in [0.25, 0.3) is 0 Å². The van der Waals surface area contributed by atoms with E-state index in [2.05, 4.69) is 13.8 Å². The van der Waals surface area contributed by atoms with E-state index in [-0.39, 0.29) is 0 Å². The summed E-state index contributed by atoms with van der Waals surface area (Å²) in [6.45, 7) is 7.92. The summed E-state index contributed by atoms with van der Waals surface area (Å²) in [5, 5.41) is 0. The Morgan fingerprint density at radius 3 is 2.24 bits per heavy atom. The van der Waals surface area contributed by atoms with Crippen molar-refractivity contribution >= 4 is 5.97 Å². The standard InChI is InChI=1S/C14H19O3/c1-5-11(4)16-17-14(15)13-8-6-12(7-9-13)10(2)3/h6-10H,5H2,1-4H3. The van der Waals surface area contributed by atoms with Gasteiger partial charge in [0, 0.05) is 0 Å². The molecule has 0 spiro atoms. The van der Waals surface area contributed by atoms with Crippen molar-refractivity contribution in [3.8, 4) is 0 Å². The van der Waals surface area contributed by atoms with Gasteiger partial charge in [-0.25, -0.2) is 4.79 Å². The summed E-state index contributed by atoms with van der Waals surface area (Å²) < 4.78 is 0. The Bertz CT molecular complexity index is 354. The molecule has 0 saturated carbocycles. The topological polar surface area (TPSA) is 35.5 Å². The lowest BCUT2D eigenvalue weighted by atomic mass is 10.0. The van der Waals surface area contributed by atoms with E-state index in [0.29, 0.717) is 17.6 Å². The van der Waals surface area contributed by atoms with Crippen LogP contribution in [-0.4, -0.2) is 5.97 Å². The van der Waals surface area contributed by atoms with Crippen LogP contribution in [0.15, 0.2) is 24.3 Å². The summed E-state index contributed by atoms with van der Waals surface area (Å²) in [5.41, 5.74) is 1.69. The molecule has 93 valence electrons. The zero-order chi connectivity index (χ0) is 12.8. The molecular weight excluding hydrogens is 216 g/mol. The number of rotatable bonds is 5. The molecule has 0 heterocycles. The molecule has 1 aromatic carbocycles. The highest BCUT2D eigenvalue weighted by molar-refractivity contribution is 5.88. The maximum absolute atomic E-state index is 11.6. The first-order chi connectivity index (χ1) is 8.04. The zero-order valence-corrected chi connectivity index (χ0v) is 10.8. The van der Waals surface area contributed by atoms with Gasteiger partial charge in [-0.3, -0.25) is 4.89 Å². The molecule has 3 nitrogen and oxygen atoms in total. The minimum Gasteiger partial charge on any atom is -0.292 e. The lowest BCUT2D eigenvalue weighted by molar-refractivity contribution is -0.232. The quantitative estimate of drug-likeness (QED) is 0.574. The van der Waals surface area contributed by atoms with Gasteiger partial charge < -0.3 is 0 Å². The lowest BCUT2D eigenvalue weighted by Crippen LogP contribution is -2.08. The molecule has 0 unspecified atom stereocenters. The smallest absolute Gasteiger partial charge is 0.292 e. The first-order valence-electron chi connectivity index (χ1n) is 5.85. The van der Waals surface area contributed by atoms with Gasteiger partial charge in [-0.05, 0) is 37.0 Å². The fourth-order valence-corrected chi connectivity index (χ4v) is 1.22. The molecule has 0 fully saturated rings. The highest BCUT2D eigenvalue weighted by Gasteiger charge is 2.11. The van der Waals surface area contributed by atoms with E-state index in [1.54, 1.807) is 19.1 Å². The summed E-state index contributed by atoms with van der Waals surface area (Å²) in [5.74, 6) is -0.0138. The van der Waals surface area contributed by atoms with Gasteiger partial charge in [0.1, 0.15) is 6.10 Å². The van der Waals surface area contributed by atoms with Crippen molar-refractivity contribution in [2.45, 2.75) is 40.0 Å². The minimum absolute atomic E-state index is 0.451. The molecule has 0 aromatic heterocycles. The average molecular weight is 235 g/mol. The van der Waals surface area contributed by atoms with Gasteiger partial charge in [0.05, 0.1) is 5.56 Å². The van der Waals surface area contributed by atoms with E-state index in [1.165, 1.54) is 5.56 Å². The SMILES string of the molecule is CC[C](C)OOC(=O)c1ccc(C(C)C)cc1. The third-order valence-electron chi connectivity index (χ3n) is 2.57. The third-order valence-corrected chi connectivity index (χ3v) is 2.57. The van der Waals surface area contributed by atoms with Crippen LogP contribution in [0.4, 0.5) is 0 Å². The molecule has 3 heteroatoms. The van der Waals surface area contributed by atoms with Gasteiger partial charge in [0.2, 0.25) is 0 Å². The van der Waals surface area contributed by atoms with Crippen LogP contribution in [-0.2, 0) is 9.78 Å². The average Bonchev–Trinajstić information content (AvgIpc) is 2.35. The number of carbonyl (C=O) groups is 1. The van der Waals surface area contributed by atoms with Crippen LogP contribution >= 0.6 is 0 Å². The van der Waals surface area contributed by atoms with Crippen molar-refractivity contribution in [3.05, 3.63) is 41.5 Å². The van der Waals surface area contributed by atoms with Crippen molar-refractivity contribution < 1.29 is 14.6 Å². The lowest BCUT2D eigenvalue weighted by Gasteiger charge is -2.08. The first-order valence-corrected chi connectivity index (χ1v) is 5.85. The van der Waals surface area contributed by atoms with E-state index in [0.717, 1.165) is 6.42 Å².